The SMILES string of the molecule is CCCCCCCCCCCCCCCOc1cc(-c2cccc(F)c2)nc2ccccc12. The van der Waals surface area contributed by atoms with Gasteiger partial charge >= 0.3 is 0 Å². The fourth-order valence-electron chi connectivity index (χ4n) is 4.36. The molecule has 0 unspecified atom stereocenters. The second-order valence-corrected chi connectivity index (χ2v) is 9.12. The molecule has 0 fully saturated rings. The third-order valence-corrected chi connectivity index (χ3v) is 6.30. The molecule has 0 radical (unpaired) electrons. The largest absolute Gasteiger partial charge is 0.493 e. The second kappa shape index (κ2) is 14.7. The van der Waals surface area contributed by atoms with Crippen molar-refractivity contribution < 1.29 is 9.13 Å². The zero-order valence-electron chi connectivity index (χ0n) is 20.3. The minimum Gasteiger partial charge on any atom is -0.493 e. The monoisotopic (exact) mass is 449 g/mol. The average molecular weight is 450 g/mol. The number of aromatic nitrogens is 1. The molecule has 1 heterocycles. The molecule has 0 bridgehead atoms. The van der Waals surface area contributed by atoms with Gasteiger partial charge in [-0.15, -0.1) is 0 Å². The summed E-state index contributed by atoms with van der Waals surface area (Å²) in [6.45, 7) is 2.98. The average Bonchev–Trinajstić information content (AvgIpc) is 2.84. The third kappa shape index (κ3) is 8.79. The van der Waals surface area contributed by atoms with Crippen molar-refractivity contribution in [2.24, 2.45) is 0 Å². The van der Waals surface area contributed by atoms with E-state index in [1.54, 1.807) is 6.07 Å². The fourth-order valence-corrected chi connectivity index (χ4v) is 4.36. The number of hydrogen-bond acceptors (Lipinski definition) is 2. The third-order valence-electron chi connectivity index (χ3n) is 6.30. The predicted octanol–water partition coefficient (Wildman–Crippen LogP) is 9.51. The number of fused-ring (bicyclic) bond motifs is 1. The molecule has 1 aromatic heterocycles. The molecule has 178 valence electrons. The van der Waals surface area contributed by atoms with Gasteiger partial charge in [-0.25, -0.2) is 9.37 Å². The van der Waals surface area contributed by atoms with E-state index in [1.807, 2.05) is 36.4 Å². The molecule has 0 N–H and O–H groups in total. The molecule has 0 amide bonds. The molecule has 0 saturated heterocycles. The van der Waals surface area contributed by atoms with Crippen molar-refractivity contribution >= 4 is 10.9 Å². The summed E-state index contributed by atoms with van der Waals surface area (Å²) in [5, 5.41) is 1.01. The van der Waals surface area contributed by atoms with Gasteiger partial charge in [0.25, 0.3) is 0 Å². The first kappa shape index (κ1) is 25.2. The van der Waals surface area contributed by atoms with E-state index in [-0.39, 0.29) is 5.82 Å². The first-order valence-corrected chi connectivity index (χ1v) is 13.1. The van der Waals surface area contributed by atoms with Gasteiger partial charge in [0.05, 0.1) is 17.8 Å². The summed E-state index contributed by atoms with van der Waals surface area (Å²) >= 11 is 0. The number of benzene rings is 2. The lowest BCUT2D eigenvalue weighted by molar-refractivity contribution is 0.307. The van der Waals surface area contributed by atoms with Crippen LogP contribution in [0.25, 0.3) is 22.2 Å². The van der Waals surface area contributed by atoms with E-state index in [4.69, 9.17) is 9.72 Å². The van der Waals surface area contributed by atoms with Gasteiger partial charge in [0.15, 0.2) is 0 Å². The van der Waals surface area contributed by atoms with Crippen LogP contribution in [0.2, 0.25) is 0 Å². The Balaban J connectivity index is 1.37. The van der Waals surface area contributed by atoms with E-state index < -0.39 is 0 Å². The van der Waals surface area contributed by atoms with Crippen LogP contribution in [0.15, 0.2) is 54.6 Å². The zero-order valence-corrected chi connectivity index (χ0v) is 20.3. The van der Waals surface area contributed by atoms with Gasteiger partial charge in [-0.05, 0) is 30.7 Å². The molecule has 0 atom stereocenters. The van der Waals surface area contributed by atoms with Crippen molar-refractivity contribution in [1.29, 1.82) is 0 Å². The Morgan fingerprint density at radius 1 is 0.697 bits per heavy atom. The molecule has 3 aromatic rings. The highest BCUT2D eigenvalue weighted by Gasteiger charge is 2.09. The van der Waals surface area contributed by atoms with Crippen molar-refractivity contribution in [3.8, 4) is 17.0 Å². The molecule has 2 aromatic carbocycles. The number of halogens is 1. The highest BCUT2D eigenvalue weighted by Crippen LogP contribution is 2.30. The van der Waals surface area contributed by atoms with Crippen molar-refractivity contribution in [3.63, 3.8) is 0 Å². The maximum Gasteiger partial charge on any atom is 0.130 e. The van der Waals surface area contributed by atoms with E-state index in [1.165, 1.54) is 89.2 Å². The van der Waals surface area contributed by atoms with Crippen LogP contribution in [-0.4, -0.2) is 11.6 Å². The van der Waals surface area contributed by atoms with Crippen LogP contribution in [0.4, 0.5) is 4.39 Å². The van der Waals surface area contributed by atoms with E-state index in [9.17, 15) is 4.39 Å². The van der Waals surface area contributed by atoms with E-state index in [2.05, 4.69) is 6.92 Å². The van der Waals surface area contributed by atoms with Crippen LogP contribution in [0.3, 0.4) is 0 Å². The highest BCUT2D eigenvalue weighted by molar-refractivity contribution is 5.87. The van der Waals surface area contributed by atoms with Gasteiger partial charge in [0.1, 0.15) is 11.6 Å². The molecular weight excluding hydrogens is 409 g/mol. The van der Waals surface area contributed by atoms with Gasteiger partial charge < -0.3 is 4.74 Å². The molecule has 0 aliphatic carbocycles. The Labute approximate surface area is 199 Å². The van der Waals surface area contributed by atoms with Gasteiger partial charge in [-0.1, -0.05) is 108 Å². The van der Waals surface area contributed by atoms with Crippen LogP contribution in [0, 0.1) is 5.82 Å². The summed E-state index contributed by atoms with van der Waals surface area (Å²) in [7, 11) is 0. The Hall–Kier alpha value is -2.42. The highest BCUT2D eigenvalue weighted by atomic mass is 19.1. The number of unbranched alkanes of at least 4 members (excludes halogenated alkanes) is 12. The number of para-hydroxylation sites is 1. The summed E-state index contributed by atoms with van der Waals surface area (Å²) in [6, 6.07) is 16.5. The van der Waals surface area contributed by atoms with Crippen molar-refractivity contribution in [2.45, 2.75) is 90.4 Å². The van der Waals surface area contributed by atoms with Crippen molar-refractivity contribution in [3.05, 3.63) is 60.4 Å². The second-order valence-electron chi connectivity index (χ2n) is 9.12. The number of hydrogen-bond donors (Lipinski definition) is 0. The molecular formula is C30H40FNO. The molecule has 0 saturated carbocycles. The molecule has 0 aliphatic rings. The number of ether oxygens (including phenoxy) is 1. The normalized spacial score (nSPS) is 11.2. The van der Waals surface area contributed by atoms with E-state index >= 15 is 0 Å². The lowest BCUT2D eigenvalue weighted by atomic mass is 10.0. The molecule has 0 spiro atoms. The van der Waals surface area contributed by atoms with Crippen LogP contribution >= 0.6 is 0 Å². The lowest BCUT2D eigenvalue weighted by Crippen LogP contribution is -1.99. The van der Waals surface area contributed by atoms with Gasteiger partial charge in [-0.3, -0.25) is 0 Å². The van der Waals surface area contributed by atoms with Crippen LogP contribution in [0.1, 0.15) is 90.4 Å². The number of rotatable bonds is 16. The molecule has 0 aliphatic heterocycles. The standard InChI is InChI=1S/C30H40FNO/c1-2-3-4-5-6-7-8-9-10-11-12-13-16-22-33-30-24-29(25-18-17-19-26(31)23-25)32-28-21-15-14-20-27(28)30/h14-15,17-21,23-24H,2-13,16,22H2,1H3. The Morgan fingerprint density at radius 3 is 2.00 bits per heavy atom. The minimum absolute atomic E-state index is 0.253. The minimum atomic E-state index is -0.253. The fraction of sp³-hybridized carbons (Fsp3) is 0.500. The Kier molecular flexibility index (Phi) is 11.2. The molecule has 2 nitrogen and oxygen atoms in total. The number of nitrogens with zero attached hydrogens (tertiary/aromatic N) is 1. The van der Waals surface area contributed by atoms with Crippen molar-refractivity contribution in [2.75, 3.05) is 6.61 Å². The van der Waals surface area contributed by atoms with Gasteiger partial charge in [0, 0.05) is 17.0 Å². The summed E-state index contributed by atoms with van der Waals surface area (Å²) in [6.07, 6.45) is 17.4. The molecule has 3 rings (SSSR count). The maximum atomic E-state index is 13.7. The van der Waals surface area contributed by atoms with Gasteiger partial charge in [0.2, 0.25) is 0 Å². The lowest BCUT2D eigenvalue weighted by Gasteiger charge is -2.12. The van der Waals surface area contributed by atoms with Crippen molar-refractivity contribution in [1.82, 2.24) is 4.98 Å². The number of pyridine rings is 1. The Morgan fingerprint density at radius 2 is 1.33 bits per heavy atom. The topological polar surface area (TPSA) is 22.1 Å². The first-order valence-electron chi connectivity index (χ1n) is 13.1. The summed E-state index contributed by atoms with van der Waals surface area (Å²) < 4.78 is 19.9. The Bertz CT molecular complexity index is 955. The zero-order chi connectivity index (χ0) is 23.1. The summed E-state index contributed by atoms with van der Waals surface area (Å²) in [5.74, 6) is 0.579. The predicted molar refractivity (Wildman–Crippen MR) is 138 cm³/mol. The van der Waals surface area contributed by atoms with Crippen LogP contribution in [-0.2, 0) is 0 Å². The van der Waals surface area contributed by atoms with E-state index in [0.717, 1.165) is 34.3 Å². The smallest absolute Gasteiger partial charge is 0.130 e. The quantitative estimate of drug-likeness (QED) is 0.203. The molecule has 3 heteroatoms. The van der Waals surface area contributed by atoms with E-state index in [0.29, 0.717) is 6.61 Å². The van der Waals surface area contributed by atoms with Gasteiger partial charge in [-0.2, -0.15) is 0 Å². The maximum absolute atomic E-state index is 13.7. The summed E-state index contributed by atoms with van der Waals surface area (Å²) in [5.41, 5.74) is 2.39. The summed E-state index contributed by atoms with van der Waals surface area (Å²) in [4.78, 5) is 4.72. The molecule has 33 heavy (non-hydrogen) atoms. The first-order chi connectivity index (χ1) is 16.3. The van der Waals surface area contributed by atoms with Crippen LogP contribution < -0.4 is 4.74 Å². The van der Waals surface area contributed by atoms with Crippen LogP contribution in [0.5, 0.6) is 5.75 Å².